The van der Waals surface area contributed by atoms with Crippen molar-refractivity contribution in [2.75, 3.05) is 19.6 Å². The molecule has 3 heterocycles. The van der Waals surface area contributed by atoms with Gasteiger partial charge in [0.25, 0.3) is 5.91 Å². The molecule has 1 aromatic carbocycles. The molecule has 0 radical (unpaired) electrons. The van der Waals surface area contributed by atoms with Crippen LogP contribution in [0.15, 0.2) is 30.3 Å². The second kappa shape index (κ2) is 7.31. The zero-order chi connectivity index (χ0) is 20.6. The Kier molecular flexibility index (Phi) is 4.81. The Morgan fingerprint density at radius 1 is 1.17 bits per heavy atom. The number of imide groups is 1. The van der Waals surface area contributed by atoms with Crippen molar-refractivity contribution in [3.05, 3.63) is 36.2 Å². The molecule has 152 valence electrons. The molecule has 2 N–H and O–H groups in total. The van der Waals surface area contributed by atoms with Gasteiger partial charge in [0.1, 0.15) is 17.9 Å². The third kappa shape index (κ3) is 3.72. The lowest BCUT2D eigenvalue weighted by atomic mass is 9.96. The summed E-state index contributed by atoms with van der Waals surface area (Å²) in [5.74, 6) is 1.10. The van der Waals surface area contributed by atoms with E-state index in [-0.39, 0.29) is 24.3 Å². The van der Waals surface area contributed by atoms with Gasteiger partial charge < -0.3 is 10.2 Å². The fraction of sp³-hybridized carbons (Fsp3) is 0.450. The molecule has 4 amide bonds. The lowest BCUT2D eigenvalue weighted by molar-refractivity contribution is -0.139. The van der Waals surface area contributed by atoms with Gasteiger partial charge in [-0.2, -0.15) is 5.10 Å². The van der Waals surface area contributed by atoms with Crippen molar-refractivity contribution in [1.29, 1.82) is 0 Å². The summed E-state index contributed by atoms with van der Waals surface area (Å²) in [5, 5.41) is 9.93. The molecule has 0 aliphatic carbocycles. The van der Waals surface area contributed by atoms with E-state index in [1.165, 1.54) is 0 Å². The van der Waals surface area contributed by atoms with Gasteiger partial charge in [0.2, 0.25) is 5.91 Å². The molecule has 0 saturated carbocycles. The van der Waals surface area contributed by atoms with E-state index in [4.69, 9.17) is 0 Å². The Balaban J connectivity index is 1.34. The number of piperidine rings is 1. The Bertz CT molecular complexity index is 931. The maximum absolute atomic E-state index is 12.6. The Morgan fingerprint density at radius 2 is 1.86 bits per heavy atom. The van der Waals surface area contributed by atoms with E-state index in [0.717, 1.165) is 29.1 Å². The molecule has 9 heteroatoms. The maximum Gasteiger partial charge on any atom is 0.325 e. The van der Waals surface area contributed by atoms with Crippen LogP contribution in [0, 0.1) is 0 Å². The topological polar surface area (TPSA) is 111 Å². The van der Waals surface area contributed by atoms with Gasteiger partial charge in [0, 0.05) is 24.6 Å². The molecule has 2 aromatic rings. The van der Waals surface area contributed by atoms with Crippen LogP contribution in [-0.2, 0) is 9.59 Å². The first-order chi connectivity index (χ1) is 13.8. The average molecular weight is 396 g/mol. The third-order valence-corrected chi connectivity index (χ3v) is 5.51. The summed E-state index contributed by atoms with van der Waals surface area (Å²) in [7, 11) is 0. The normalized spacial score (nSPS) is 19.5. The van der Waals surface area contributed by atoms with Crippen molar-refractivity contribution in [2.24, 2.45) is 0 Å². The van der Waals surface area contributed by atoms with Crippen LogP contribution in [0.4, 0.5) is 4.79 Å². The van der Waals surface area contributed by atoms with Gasteiger partial charge in [0.05, 0.1) is 0 Å². The summed E-state index contributed by atoms with van der Waals surface area (Å²) in [6, 6.07) is 9.25. The Labute approximate surface area is 168 Å². The fourth-order valence-corrected chi connectivity index (χ4v) is 3.77. The number of H-pyrrole nitrogens is 1. The number of benzene rings is 1. The summed E-state index contributed by atoms with van der Waals surface area (Å²) in [4.78, 5) is 44.2. The molecule has 2 saturated heterocycles. The molecular weight excluding hydrogens is 372 g/mol. The molecule has 2 fully saturated rings. The second-order valence-corrected chi connectivity index (χ2v) is 8.01. The van der Waals surface area contributed by atoms with Crippen LogP contribution in [0.2, 0.25) is 0 Å². The Morgan fingerprint density at radius 3 is 2.48 bits per heavy atom. The van der Waals surface area contributed by atoms with Crippen molar-refractivity contribution in [2.45, 2.75) is 38.1 Å². The first-order valence-electron chi connectivity index (χ1n) is 9.75. The van der Waals surface area contributed by atoms with Gasteiger partial charge in [-0.05, 0) is 26.7 Å². The largest absolute Gasteiger partial charge is 0.341 e. The highest BCUT2D eigenvalue weighted by molar-refractivity contribution is 6.08. The lowest BCUT2D eigenvalue weighted by Gasteiger charge is -2.31. The lowest BCUT2D eigenvalue weighted by Crippen LogP contribution is -2.46. The number of carbonyl (C=O) groups excluding carboxylic acids is 3. The number of amides is 4. The average Bonchev–Trinajstić information content (AvgIpc) is 3.28. The molecule has 9 nitrogen and oxygen atoms in total. The second-order valence-electron chi connectivity index (χ2n) is 8.01. The monoisotopic (exact) mass is 396 g/mol. The van der Waals surface area contributed by atoms with Crippen molar-refractivity contribution in [3.63, 3.8) is 0 Å². The summed E-state index contributed by atoms with van der Waals surface area (Å²) >= 11 is 0. The van der Waals surface area contributed by atoms with Crippen LogP contribution in [0.1, 0.15) is 38.4 Å². The highest BCUT2D eigenvalue weighted by Gasteiger charge is 2.45. The molecule has 0 spiro atoms. The number of aromatic nitrogens is 3. The molecule has 0 atom stereocenters. The number of urea groups is 1. The molecule has 0 unspecified atom stereocenters. The number of hydrogen-bond donors (Lipinski definition) is 2. The summed E-state index contributed by atoms with van der Waals surface area (Å²) < 4.78 is 0. The number of likely N-dealkylation sites (tertiary alicyclic amines) is 1. The molecule has 2 aliphatic rings. The van der Waals surface area contributed by atoms with Gasteiger partial charge in [-0.3, -0.25) is 19.6 Å². The summed E-state index contributed by atoms with van der Waals surface area (Å²) in [6.45, 7) is 4.14. The first kappa shape index (κ1) is 19.1. The van der Waals surface area contributed by atoms with Gasteiger partial charge in [-0.15, -0.1) is 0 Å². The first-order valence-corrected chi connectivity index (χ1v) is 9.75. The van der Waals surface area contributed by atoms with E-state index in [1.807, 2.05) is 30.3 Å². The smallest absolute Gasteiger partial charge is 0.325 e. The van der Waals surface area contributed by atoms with Gasteiger partial charge in [-0.25, -0.2) is 9.78 Å². The summed E-state index contributed by atoms with van der Waals surface area (Å²) in [5.41, 5.74) is -0.00768. The molecule has 0 bridgehead atoms. The van der Waals surface area contributed by atoms with Crippen molar-refractivity contribution >= 4 is 17.8 Å². The summed E-state index contributed by atoms with van der Waals surface area (Å²) in [6.07, 6.45) is 1.50. The number of nitrogens with one attached hydrogen (secondary N) is 2. The zero-order valence-electron chi connectivity index (χ0n) is 16.5. The van der Waals surface area contributed by atoms with Crippen LogP contribution in [0.25, 0.3) is 11.4 Å². The van der Waals surface area contributed by atoms with Gasteiger partial charge in [-0.1, -0.05) is 30.3 Å². The van der Waals surface area contributed by atoms with Crippen molar-refractivity contribution < 1.29 is 14.4 Å². The standard InChI is InChI=1S/C20H24N6O3/c1-20(2)18(28)26(19(29)22-20)12-15(27)25-10-8-14(9-11-25)17-21-16(23-24-17)13-6-4-3-5-7-13/h3-7,14H,8-12H2,1-2H3,(H,22,29)(H,21,23,24). The quantitative estimate of drug-likeness (QED) is 0.761. The number of rotatable bonds is 4. The molecule has 2 aliphatic heterocycles. The van der Waals surface area contributed by atoms with Crippen LogP contribution in [0.5, 0.6) is 0 Å². The number of aromatic amines is 1. The van der Waals surface area contributed by atoms with E-state index >= 15 is 0 Å². The van der Waals surface area contributed by atoms with E-state index < -0.39 is 11.6 Å². The Hall–Kier alpha value is -3.23. The highest BCUT2D eigenvalue weighted by Crippen LogP contribution is 2.27. The van der Waals surface area contributed by atoms with Crippen LogP contribution < -0.4 is 5.32 Å². The fourth-order valence-electron chi connectivity index (χ4n) is 3.77. The number of hydrogen-bond acceptors (Lipinski definition) is 5. The minimum atomic E-state index is -0.965. The van der Waals surface area contributed by atoms with Gasteiger partial charge in [0.15, 0.2) is 5.82 Å². The minimum Gasteiger partial charge on any atom is -0.341 e. The van der Waals surface area contributed by atoms with Gasteiger partial charge >= 0.3 is 6.03 Å². The number of nitrogens with zero attached hydrogens (tertiary/aromatic N) is 4. The minimum absolute atomic E-state index is 0.194. The van der Waals surface area contributed by atoms with E-state index in [1.54, 1.807) is 18.7 Å². The molecule has 1 aromatic heterocycles. The highest BCUT2D eigenvalue weighted by atomic mass is 16.2. The SMILES string of the molecule is CC1(C)NC(=O)N(CC(=O)N2CCC(c3nc(-c4ccccc4)n[nH]3)CC2)C1=O. The van der Waals surface area contributed by atoms with Crippen LogP contribution >= 0.6 is 0 Å². The molecular formula is C20H24N6O3. The number of carbonyl (C=O) groups is 3. The molecule has 4 rings (SSSR count). The van der Waals surface area contributed by atoms with Crippen LogP contribution in [-0.4, -0.2) is 68.0 Å². The van der Waals surface area contributed by atoms with E-state index in [9.17, 15) is 14.4 Å². The van der Waals surface area contributed by atoms with Crippen molar-refractivity contribution in [3.8, 4) is 11.4 Å². The predicted molar refractivity (Wildman–Crippen MR) is 105 cm³/mol. The van der Waals surface area contributed by atoms with Crippen molar-refractivity contribution in [1.82, 2.24) is 30.3 Å². The molecule has 29 heavy (non-hydrogen) atoms. The zero-order valence-corrected chi connectivity index (χ0v) is 16.5. The van der Waals surface area contributed by atoms with E-state index in [2.05, 4.69) is 20.5 Å². The predicted octanol–water partition coefficient (Wildman–Crippen LogP) is 1.51. The third-order valence-electron chi connectivity index (χ3n) is 5.51. The van der Waals surface area contributed by atoms with Crippen LogP contribution in [0.3, 0.4) is 0 Å². The maximum atomic E-state index is 12.6. The van der Waals surface area contributed by atoms with E-state index in [0.29, 0.717) is 18.9 Å².